The second kappa shape index (κ2) is 12.6. The van der Waals surface area contributed by atoms with Gasteiger partial charge in [-0.2, -0.15) is 0 Å². The van der Waals surface area contributed by atoms with Crippen molar-refractivity contribution in [1.82, 2.24) is 0 Å². The maximum atomic E-state index is 13.4. The number of hydrogen-bond donors (Lipinski definition) is 0. The lowest BCUT2D eigenvalue weighted by Gasteiger charge is -2.26. The van der Waals surface area contributed by atoms with Gasteiger partial charge in [-0.25, -0.2) is 0 Å². The highest BCUT2D eigenvalue weighted by Crippen LogP contribution is 2.38. The van der Waals surface area contributed by atoms with E-state index in [9.17, 15) is 9.59 Å². The van der Waals surface area contributed by atoms with E-state index >= 15 is 0 Å². The Morgan fingerprint density at radius 3 is 1.29 bits per heavy atom. The zero-order valence-corrected chi connectivity index (χ0v) is 27.7. The molecule has 0 unspecified atom stereocenters. The number of anilines is 3. The minimum absolute atomic E-state index is 0.209. The second-order valence-corrected chi connectivity index (χ2v) is 12.9. The molecule has 0 fully saturated rings. The van der Waals surface area contributed by atoms with Gasteiger partial charge < -0.3 is 4.90 Å². The molecule has 0 saturated heterocycles. The Kier molecular flexibility index (Phi) is 7.44. The molecule has 240 valence electrons. The molecule has 1 aliphatic rings. The van der Waals surface area contributed by atoms with Crippen LogP contribution in [0.3, 0.4) is 0 Å². The van der Waals surface area contributed by atoms with E-state index in [1.165, 1.54) is 11.1 Å². The first-order chi connectivity index (χ1) is 25.1. The Bertz CT molecular complexity index is 2500. The van der Waals surface area contributed by atoms with Crippen molar-refractivity contribution in [3.8, 4) is 22.3 Å². The van der Waals surface area contributed by atoms with Gasteiger partial charge in [-0.3, -0.25) is 9.59 Å². The van der Waals surface area contributed by atoms with Crippen molar-refractivity contribution in [2.24, 2.45) is 0 Å². The smallest absolute Gasteiger partial charge is 0.197 e. The summed E-state index contributed by atoms with van der Waals surface area (Å²) in [6.45, 7) is 0. The maximum Gasteiger partial charge on any atom is 0.197 e. The Morgan fingerprint density at radius 1 is 0.353 bits per heavy atom. The number of carbonyl (C=O) groups excluding carboxylic acids is 2. The van der Waals surface area contributed by atoms with Crippen molar-refractivity contribution in [3.63, 3.8) is 0 Å². The number of fused-ring (bicyclic) bond motifs is 3. The largest absolute Gasteiger partial charge is 0.310 e. The fourth-order valence-corrected chi connectivity index (χ4v) is 7.10. The topological polar surface area (TPSA) is 37.4 Å². The van der Waals surface area contributed by atoms with Gasteiger partial charge >= 0.3 is 0 Å². The lowest BCUT2D eigenvalue weighted by atomic mass is 10.0. The molecule has 9 rings (SSSR count). The molecule has 3 nitrogen and oxygen atoms in total. The van der Waals surface area contributed by atoms with Crippen molar-refractivity contribution >= 4 is 56.2 Å². The molecule has 0 aliphatic heterocycles. The van der Waals surface area contributed by atoms with Gasteiger partial charge in [0.2, 0.25) is 0 Å². The summed E-state index contributed by atoms with van der Waals surface area (Å²) < 4.78 is 0. The Morgan fingerprint density at radius 2 is 0.765 bits per heavy atom. The molecule has 0 bridgehead atoms. The average molecular weight is 654 g/mol. The number of benzene rings is 8. The SMILES string of the molecule is O=C1C(=Cc2ccc3cc(N(c4ccc(-c5ccccc5)cc4)c4ccc(-c5ccccc5)cc4)ccc3c2)C(=O)c2cc3ccccc3cc21. The van der Waals surface area contributed by atoms with Gasteiger partial charge in [-0.05, 0) is 110 Å². The number of nitrogens with zero attached hydrogens (tertiary/aromatic N) is 1. The zero-order valence-electron chi connectivity index (χ0n) is 27.7. The van der Waals surface area contributed by atoms with Gasteiger partial charge in [-0.1, -0.05) is 127 Å². The summed E-state index contributed by atoms with van der Waals surface area (Å²) in [5, 5.41) is 3.98. The fraction of sp³-hybridized carbons (Fsp3) is 0. The number of hydrogen-bond acceptors (Lipinski definition) is 3. The molecule has 0 radical (unpaired) electrons. The molecular weight excluding hydrogens is 623 g/mol. The average Bonchev–Trinajstić information content (AvgIpc) is 3.42. The van der Waals surface area contributed by atoms with Crippen LogP contribution in [0.1, 0.15) is 26.3 Å². The standard InChI is InChI=1S/C48H31NO2/c50-47-44-30-37-13-7-8-14-38(37)31-45(44)48(51)46(47)28-32-15-16-40-29-43(26-21-39(40)27-32)49(41-22-17-35(18-23-41)33-9-3-1-4-10-33)42-24-19-36(20-25-42)34-11-5-2-6-12-34/h1-31H. The Hall–Kier alpha value is -6.84. The van der Waals surface area contributed by atoms with Crippen LogP contribution in [0.15, 0.2) is 188 Å². The lowest BCUT2D eigenvalue weighted by Crippen LogP contribution is -2.09. The van der Waals surface area contributed by atoms with Crippen LogP contribution in [0.2, 0.25) is 0 Å². The van der Waals surface area contributed by atoms with Crippen LogP contribution < -0.4 is 4.90 Å². The van der Waals surface area contributed by atoms with E-state index < -0.39 is 0 Å². The molecule has 0 aromatic heterocycles. The predicted molar refractivity (Wildman–Crippen MR) is 210 cm³/mol. The first kappa shape index (κ1) is 30.2. The molecular formula is C48H31NO2. The van der Waals surface area contributed by atoms with Gasteiger partial charge in [0.1, 0.15) is 0 Å². The van der Waals surface area contributed by atoms with Crippen molar-refractivity contribution in [2.45, 2.75) is 0 Å². The Labute approximate surface area is 296 Å². The highest BCUT2D eigenvalue weighted by atomic mass is 16.2. The molecule has 8 aromatic carbocycles. The molecule has 51 heavy (non-hydrogen) atoms. The highest BCUT2D eigenvalue weighted by molar-refractivity contribution is 6.42. The number of ketones is 2. The summed E-state index contributed by atoms with van der Waals surface area (Å²) >= 11 is 0. The van der Waals surface area contributed by atoms with Gasteiger partial charge in [0.05, 0.1) is 5.57 Å². The molecule has 1 aliphatic carbocycles. The minimum Gasteiger partial charge on any atom is -0.310 e. The van der Waals surface area contributed by atoms with Crippen LogP contribution in [-0.2, 0) is 0 Å². The molecule has 0 heterocycles. The minimum atomic E-state index is -0.219. The van der Waals surface area contributed by atoms with Crippen LogP contribution in [0.25, 0.3) is 49.9 Å². The van der Waals surface area contributed by atoms with E-state index in [1.54, 1.807) is 6.08 Å². The zero-order chi connectivity index (χ0) is 34.3. The third-order valence-electron chi connectivity index (χ3n) is 9.75. The number of allylic oxidation sites excluding steroid dienone is 1. The molecule has 3 heteroatoms. The van der Waals surface area contributed by atoms with E-state index in [2.05, 4.69) is 126 Å². The second-order valence-electron chi connectivity index (χ2n) is 12.9. The normalized spacial score (nSPS) is 12.4. The van der Waals surface area contributed by atoms with Gasteiger partial charge in [0, 0.05) is 28.2 Å². The van der Waals surface area contributed by atoms with Gasteiger partial charge in [-0.15, -0.1) is 0 Å². The number of carbonyl (C=O) groups is 2. The van der Waals surface area contributed by atoms with Crippen LogP contribution in [-0.4, -0.2) is 11.6 Å². The molecule has 0 atom stereocenters. The van der Waals surface area contributed by atoms with E-state index in [0.29, 0.717) is 11.1 Å². The first-order valence-corrected chi connectivity index (χ1v) is 17.1. The van der Waals surface area contributed by atoms with Gasteiger partial charge in [0.15, 0.2) is 11.6 Å². The van der Waals surface area contributed by atoms with Crippen LogP contribution >= 0.6 is 0 Å². The fourth-order valence-electron chi connectivity index (χ4n) is 7.10. The van der Waals surface area contributed by atoms with Crippen molar-refractivity contribution in [1.29, 1.82) is 0 Å². The predicted octanol–water partition coefficient (Wildman–Crippen LogP) is 12.3. The van der Waals surface area contributed by atoms with Crippen LogP contribution in [0.5, 0.6) is 0 Å². The van der Waals surface area contributed by atoms with E-state index in [4.69, 9.17) is 0 Å². The third-order valence-corrected chi connectivity index (χ3v) is 9.75. The summed E-state index contributed by atoms with van der Waals surface area (Å²) in [7, 11) is 0. The monoisotopic (exact) mass is 653 g/mol. The number of Topliss-reactive ketones (excluding diaryl/α,β-unsaturated/α-hetero) is 2. The third kappa shape index (κ3) is 5.61. The Balaban J connectivity index is 1.07. The molecule has 8 aromatic rings. The van der Waals surface area contributed by atoms with E-state index in [0.717, 1.165) is 55.3 Å². The highest BCUT2D eigenvalue weighted by Gasteiger charge is 2.33. The molecule has 0 amide bonds. The van der Waals surface area contributed by atoms with E-state index in [1.807, 2.05) is 60.7 Å². The quantitative estimate of drug-likeness (QED) is 0.132. The first-order valence-electron chi connectivity index (χ1n) is 17.1. The maximum absolute atomic E-state index is 13.4. The van der Waals surface area contributed by atoms with Crippen molar-refractivity contribution in [2.75, 3.05) is 4.90 Å². The van der Waals surface area contributed by atoms with Crippen molar-refractivity contribution < 1.29 is 9.59 Å². The molecule has 0 N–H and O–H groups in total. The van der Waals surface area contributed by atoms with E-state index in [-0.39, 0.29) is 17.1 Å². The summed E-state index contributed by atoms with van der Waals surface area (Å²) in [5.41, 5.74) is 9.78. The lowest BCUT2D eigenvalue weighted by molar-refractivity contribution is 0.0990. The van der Waals surface area contributed by atoms with Crippen LogP contribution in [0, 0.1) is 0 Å². The van der Waals surface area contributed by atoms with Crippen molar-refractivity contribution in [3.05, 3.63) is 204 Å². The molecule has 0 saturated carbocycles. The summed E-state index contributed by atoms with van der Waals surface area (Å²) in [5.74, 6) is -0.438. The molecule has 0 spiro atoms. The summed E-state index contributed by atoms with van der Waals surface area (Å²) in [4.78, 5) is 29.1. The number of rotatable bonds is 6. The van der Waals surface area contributed by atoms with Gasteiger partial charge in [0.25, 0.3) is 0 Å². The summed E-state index contributed by atoms with van der Waals surface area (Å²) in [6, 6.07) is 62.2. The van der Waals surface area contributed by atoms with Crippen LogP contribution in [0.4, 0.5) is 17.1 Å². The summed E-state index contributed by atoms with van der Waals surface area (Å²) in [6.07, 6.45) is 1.73.